The molecule has 0 spiro atoms. The summed E-state index contributed by atoms with van der Waals surface area (Å²) in [4.78, 5) is 28.5. The number of carbonyl (C=O) groups excluding carboxylic acids is 1. The number of fused-ring (bicyclic) bond motifs is 1. The van der Waals surface area contributed by atoms with E-state index in [2.05, 4.69) is 4.98 Å². The number of aliphatic carboxylic acids is 1. The van der Waals surface area contributed by atoms with Crippen LogP contribution in [0, 0.1) is 0 Å². The number of likely N-dealkylation sites (N-methyl/N-ethyl adjacent to an activating group) is 1. The zero-order valence-corrected chi connectivity index (χ0v) is 14.7. The van der Waals surface area contributed by atoms with Gasteiger partial charge in [0.05, 0.1) is 6.04 Å². The third kappa shape index (κ3) is 4.10. The molecule has 2 aromatic rings. The van der Waals surface area contributed by atoms with Crippen LogP contribution in [0.15, 0.2) is 30.5 Å². The Morgan fingerprint density at radius 3 is 2.75 bits per heavy atom. The Morgan fingerprint density at radius 1 is 1.38 bits per heavy atom. The lowest BCUT2D eigenvalue weighted by Crippen LogP contribution is -2.50. The predicted octanol–water partition coefficient (Wildman–Crippen LogP) is 1.70. The lowest BCUT2D eigenvalue weighted by molar-refractivity contribution is -0.149. The third-order valence-corrected chi connectivity index (χ3v) is 4.78. The molecule has 0 unspecified atom stereocenters. The minimum atomic E-state index is -1.03. The summed E-state index contributed by atoms with van der Waals surface area (Å²) in [6.07, 6.45) is 4.51. The van der Waals surface area contributed by atoms with Crippen LogP contribution in [0.5, 0.6) is 0 Å². The van der Waals surface area contributed by atoms with Gasteiger partial charge in [0.25, 0.3) is 0 Å². The van der Waals surface area contributed by atoms with Crippen molar-refractivity contribution >= 4 is 34.5 Å². The minimum absolute atomic E-state index is 0.233. The molecular weight excluding hydrogens is 326 g/mol. The summed E-state index contributed by atoms with van der Waals surface area (Å²) in [5.41, 5.74) is 7.72. The largest absolute Gasteiger partial charge is 0.480 e. The molecule has 0 aliphatic carbocycles. The van der Waals surface area contributed by atoms with Crippen LogP contribution in [0.1, 0.15) is 12.0 Å². The molecular formula is C17H23N3O3S. The number of hydrogen-bond donors (Lipinski definition) is 3. The zero-order chi connectivity index (χ0) is 17.7. The molecule has 0 fully saturated rings. The molecule has 6 nitrogen and oxygen atoms in total. The molecule has 1 heterocycles. The van der Waals surface area contributed by atoms with Crippen molar-refractivity contribution in [2.45, 2.75) is 24.9 Å². The Kier molecular flexibility index (Phi) is 6.28. The number of nitrogens with one attached hydrogen (secondary N) is 1. The Balaban J connectivity index is 2.17. The van der Waals surface area contributed by atoms with Crippen molar-refractivity contribution in [3.8, 4) is 0 Å². The molecule has 2 rings (SSSR count). The number of benzene rings is 1. The van der Waals surface area contributed by atoms with Crippen molar-refractivity contribution in [2.75, 3.05) is 19.1 Å². The summed E-state index contributed by atoms with van der Waals surface area (Å²) in [5.74, 6) is -0.606. The highest BCUT2D eigenvalue weighted by Gasteiger charge is 2.30. The molecule has 0 aliphatic rings. The summed E-state index contributed by atoms with van der Waals surface area (Å²) in [6, 6.07) is 6.07. The number of amides is 1. The van der Waals surface area contributed by atoms with Crippen LogP contribution in [0.3, 0.4) is 0 Å². The summed E-state index contributed by atoms with van der Waals surface area (Å²) < 4.78 is 0. The third-order valence-electron chi connectivity index (χ3n) is 4.14. The lowest BCUT2D eigenvalue weighted by atomic mass is 10.0. The van der Waals surface area contributed by atoms with E-state index >= 15 is 0 Å². The summed E-state index contributed by atoms with van der Waals surface area (Å²) in [7, 11) is 1.51. The van der Waals surface area contributed by atoms with E-state index < -0.39 is 18.1 Å². The molecule has 1 amide bonds. The number of nitrogens with two attached hydrogens (primary N) is 1. The topological polar surface area (TPSA) is 99.4 Å². The van der Waals surface area contributed by atoms with E-state index in [1.165, 1.54) is 11.9 Å². The van der Waals surface area contributed by atoms with Crippen molar-refractivity contribution in [3.63, 3.8) is 0 Å². The Bertz CT molecular complexity index is 716. The molecule has 130 valence electrons. The fourth-order valence-corrected chi connectivity index (χ4v) is 3.17. The van der Waals surface area contributed by atoms with Crippen molar-refractivity contribution in [1.82, 2.24) is 9.88 Å². The summed E-state index contributed by atoms with van der Waals surface area (Å²) in [6.45, 7) is 0. The maximum Gasteiger partial charge on any atom is 0.326 e. The first-order chi connectivity index (χ1) is 11.5. The highest BCUT2D eigenvalue weighted by molar-refractivity contribution is 7.98. The van der Waals surface area contributed by atoms with Gasteiger partial charge in [0.2, 0.25) is 5.91 Å². The van der Waals surface area contributed by atoms with Crippen LogP contribution >= 0.6 is 11.8 Å². The highest BCUT2D eigenvalue weighted by atomic mass is 32.2. The number of thioether (sulfide) groups is 1. The fraction of sp³-hybridized carbons (Fsp3) is 0.412. The molecule has 0 saturated heterocycles. The first-order valence-electron chi connectivity index (χ1n) is 7.74. The van der Waals surface area contributed by atoms with E-state index in [4.69, 9.17) is 5.73 Å². The van der Waals surface area contributed by atoms with Crippen LogP contribution in [0.25, 0.3) is 10.9 Å². The van der Waals surface area contributed by atoms with E-state index in [1.54, 1.807) is 18.0 Å². The first kappa shape index (κ1) is 18.4. The maximum atomic E-state index is 12.4. The fourth-order valence-electron chi connectivity index (χ4n) is 2.68. The van der Waals surface area contributed by atoms with Crippen molar-refractivity contribution in [3.05, 3.63) is 36.0 Å². The molecule has 0 radical (unpaired) electrons. The quantitative estimate of drug-likeness (QED) is 0.674. The second kappa shape index (κ2) is 8.21. The van der Waals surface area contributed by atoms with Crippen LogP contribution in [0.2, 0.25) is 0 Å². The van der Waals surface area contributed by atoms with Gasteiger partial charge in [-0.15, -0.1) is 0 Å². The molecule has 7 heteroatoms. The summed E-state index contributed by atoms with van der Waals surface area (Å²) >= 11 is 1.61. The van der Waals surface area contributed by atoms with Crippen molar-refractivity contribution in [1.29, 1.82) is 0 Å². The van der Waals surface area contributed by atoms with Crippen molar-refractivity contribution < 1.29 is 14.7 Å². The number of aromatic amines is 1. The standard InChI is InChI=1S/C17H23N3O3S/c1-20(16(21)13(18)7-8-24-2)15(17(22)23)9-11-10-19-14-6-4-3-5-12(11)14/h3-6,10,13,15,19H,7-9,18H2,1-2H3,(H,22,23)/t13-,15+/m0/s1. The van der Waals surface area contributed by atoms with Crippen LogP contribution < -0.4 is 5.73 Å². The molecule has 0 aliphatic heterocycles. The normalized spacial score (nSPS) is 13.6. The number of para-hydroxylation sites is 1. The Hall–Kier alpha value is -1.99. The van der Waals surface area contributed by atoms with Gasteiger partial charge < -0.3 is 20.7 Å². The average Bonchev–Trinajstić information content (AvgIpc) is 2.99. The van der Waals surface area contributed by atoms with Gasteiger partial charge in [-0.25, -0.2) is 4.79 Å². The number of hydrogen-bond acceptors (Lipinski definition) is 4. The van der Waals surface area contributed by atoms with Gasteiger partial charge in [0, 0.05) is 30.6 Å². The van der Waals surface area contributed by atoms with Crippen molar-refractivity contribution in [2.24, 2.45) is 5.73 Å². The second-order valence-corrected chi connectivity index (χ2v) is 6.74. The highest BCUT2D eigenvalue weighted by Crippen LogP contribution is 2.20. The number of carbonyl (C=O) groups is 2. The van der Waals surface area contributed by atoms with Gasteiger partial charge in [-0.1, -0.05) is 18.2 Å². The van der Waals surface area contributed by atoms with E-state index in [9.17, 15) is 14.7 Å². The molecule has 0 bridgehead atoms. The second-order valence-electron chi connectivity index (χ2n) is 5.75. The smallest absolute Gasteiger partial charge is 0.326 e. The van der Waals surface area contributed by atoms with Gasteiger partial charge in [0.15, 0.2) is 0 Å². The zero-order valence-electron chi connectivity index (χ0n) is 13.9. The molecule has 24 heavy (non-hydrogen) atoms. The molecule has 4 N–H and O–H groups in total. The Labute approximate surface area is 145 Å². The average molecular weight is 349 g/mol. The first-order valence-corrected chi connectivity index (χ1v) is 9.14. The molecule has 1 aromatic carbocycles. The van der Waals surface area contributed by atoms with Crippen LogP contribution in [-0.4, -0.2) is 58.0 Å². The molecule has 1 aromatic heterocycles. The van der Waals surface area contributed by atoms with Gasteiger partial charge in [-0.2, -0.15) is 11.8 Å². The monoisotopic (exact) mass is 349 g/mol. The number of aromatic nitrogens is 1. The summed E-state index contributed by atoms with van der Waals surface area (Å²) in [5, 5.41) is 10.5. The lowest BCUT2D eigenvalue weighted by Gasteiger charge is -2.27. The van der Waals surface area contributed by atoms with Crippen LogP contribution in [0.4, 0.5) is 0 Å². The predicted molar refractivity (Wildman–Crippen MR) is 97.2 cm³/mol. The number of nitrogens with zero attached hydrogens (tertiary/aromatic N) is 1. The van der Waals surface area contributed by atoms with E-state index in [0.29, 0.717) is 6.42 Å². The maximum absolute atomic E-state index is 12.4. The van der Waals surface area contributed by atoms with Gasteiger partial charge >= 0.3 is 5.97 Å². The number of carboxylic acid groups (broad SMARTS) is 1. The number of H-pyrrole nitrogens is 1. The Morgan fingerprint density at radius 2 is 2.08 bits per heavy atom. The number of rotatable bonds is 8. The number of carboxylic acids is 1. The van der Waals surface area contributed by atoms with Gasteiger partial charge in [-0.3, -0.25) is 4.79 Å². The van der Waals surface area contributed by atoms with Gasteiger partial charge in [-0.05, 0) is 30.1 Å². The minimum Gasteiger partial charge on any atom is -0.480 e. The van der Waals surface area contributed by atoms with Crippen LogP contribution in [-0.2, 0) is 16.0 Å². The molecule has 0 saturated carbocycles. The van der Waals surface area contributed by atoms with E-state index in [-0.39, 0.29) is 12.3 Å². The van der Waals surface area contributed by atoms with E-state index in [1.807, 2.05) is 30.5 Å². The van der Waals surface area contributed by atoms with Gasteiger partial charge in [0.1, 0.15) is 6.04 Å². The SMILES string of the molecule is CSCC[C@H](N)C(=O)N(C)[C@H](Cc1c[nH]c2ccccc12)C(=O)O. The van der Waals surface area contributed by atoms with E-state index in [0.717, 1.165) is 22.2 Å². The molecule has 2 atom stereocenters.